The van der Waals surface area contributed by atoms with Gasteiger partial charge in [-0.1, -0.05) is 19.3 Å². The molecule has 2 bridgehead atoms. The highest BCUT2D eigenvalue weighted by Gasteiger charge is 2.42. The Balaban J connectivity index is 1.81. The number of rotatable bonds is 0. The van der Waals surface area contributed by atoms with Crippen molar-refractivity contribution >= 4 is 0 Å². The zero-order valence-electron chi connectivity index (χ0n) is 8.67. The van der Waals surface area contributed by atoms with E-state index in [1.54, 1.807) is 51.4 Å². The summed E-state index contributed by atoms with van der Waals surface area (Å²) in [6.45, 7) is 0. The lowest BCUT2D eigenvalue weighted by Gasteiger charge is -2.48. The van der Waals surface area contributed by atoms with Crippen molar-refractivity contribution in [2.75, 3.05) is 0 Å². The Kier molecular flexibility index (Phi) is 2.11. The topological polar surface area (TPSA) is 0 Å². The Morgan fingerprint density at radius 1 is 0.462 bits per heavy atom. The molecule has 0 saturated heterocycles. The fourth-order valence-electron chi connectivity index (χ4n) is 4.54. The summed E-state index contributed by atoms with van der Waals surface area (Å²) < 4.78 is 0. The number of hydrogen-bond acceptors (Lipinski definition) is 0. The van der Waals surface area contributed by atoms with E-state index in [0.29, 0.717) is 0 Å². The van der Waals surface area contributed by atoms with Crippen LogP contribution in [0.1, 0.15) is 57.8 Å². The van der Waals surface area contributed by atoms with Crippen LogP contribution in [0.5, 0.6) is 0 Å². The van der Waals surface area contributed by atoms with Crippen LogP contribution in [0, 0.1) is 23.7 Å². The Bertz CT molecular complexity index is 156. The summed E-state index contributed by atoms with van der Waals surface area (Å²) in [5.41, 5.74) is 0. The standard InChI is InChI=1S/C13H22/c1-2-4-12-10-6-8-11(9-7-10)13(12)5-3-1/h10-13H,1-9H2/t10?,11?,12-,13+. The largest absolute Gasteiger partial charge is 0.0533 e. The van der Waals surface area contributed by atoms with Gasteiger partial charge in [0, 0.05) is 0 Å². The third kappa shape index (κ3) is 1.33. The van der Waals surface area contributed by atoms with E-state index in [0.717, 1.165) is 11.8 Å². The predicted molar refractivity (Wildman–Crippen MR) is 55.5 cm³/mol. The summed E-state index contributed by atoms with van der Waals surface area (Å²) in [5, 5.41) is 0. The third-order valence-corrected chi connectivity index (χ3v) is 5.15. The van der Waals surface area contributed by atoms with Crippen LogP contribution >= 0.6 is 0 Å². The molecule has 0 amide bonds. The van der Waals surface area contributed by atoms with E-state index in [4.69, 9.17) is 0 Å². The summed E-state index contributed by atoms with van der Waals surface area (Å²) in [4.78, 5) is 0. The highest BCUT2D eigenvalue weighted by Crippen LogP contribution is 2.53. The lowest BCUT2D eigenvalue weighted by Crippen LogP contribution is -2.39. The molecule has 0 nitrogen and oxygen atoms in total. The summed E-state index contributed by atoms with van der Waals surface area (Å²) in [6, 6.07) is 0. The molecule has 0 spiro atoms. The quantitative estimate of drug-likeness (QED) is 0.526. The van der Waals surface area contributed by atoms with Gasteiger partial charge in [-0.15, -0.1) is 0 Å². The molecule has 4 fully saturated rings. The predicted octanol–water partition coefficient (Wildman–Crippen LogP) is 4.00. The van der Waals surface area contributed by atoms with Crippen molar-refractivity contribution in [3.8, 4) is 0 Å². The van der Waals surface area contributed by atoms with Gasteiger partial charge in [0.1, 0.15) is 0 Å². The number of hydrogen-bond donors (Lipinski definition) is 0. The molecule has 0 unspecified atom stereocenters. The van der Waals surface area contributed by atoms with Crippen molar-refractivity contribution in [3.63, 3.8) is 0 Å². The molecular formula is C13H22. The average molecular weight is 178 g/mol. The maximum absolute atomic E-state index is 1.59. The Morgan fingerprint density at radius 3 is 1.38 bits per heavy atom. The minimum atomic E-state index is 1.16. The van der Waals surface area contributed by atoms with E-state index in [9.17, 15) is 0 Å². The molecule has 13 heavy (non-hydrogen) atoms. The number of fused-ring (bicyclic) bond motifs is 2. The molecule has 4 aliphatic carbocycles. The fraction of sp³-hybridized carbons (Fsp3) is 1.00. The fourth-order valence-corrected chi connectivity index (χ4v) is 4.54. The van der Waals surface area contributed by atoms with Gasteiger partial charge in [0.25, 0.3) is 0 Å². The Labute approximate surface area is 82.1 Å². The van der Waals surface area contributed by atoms with Gasteiger partial charge in [-0.25, -0.2) is 0 Å². The van der Waals surface area contributed by atoms with Crippen LogP contribution in [-0.2, 0) is 0 Å². The van der Waals surface area contributed by atoms with Crippen LogP contribution < -0.4 is 0 Å². The molecule has 0 aliphatic heterocycles. The van der Waals surface area contributed by atoms with Gasteiger partial charge in [-0.2, -0.15) is 0 Å². The second-order valence-electron chi connectivity index (χ2n) is 5.64. The summed E-state index contributed by atoms with van der Waals surface area (Å²) >= 11 is 0. The van der Waals surface area contributed by atoms with Crippen LogP contribution in [0.15, 0.2) is 0 Å². The minimum Gasteiger partial charge on any atom is -0.0533 e. The van der Waals surface area contributed by atoms with E-state index < -0.39 is 0 Å². The smallest absolute Gasteiger partial charge is 0.0355 e. The molecule has 0 heterocycles. The van der Waals surface area contributed by atoms with Crippen LogP contribution in [0.4, 0.5) is 0 Å². The van der Waals surface area contributed by atoms with Gasteiger partial charge in [0.2, 0.25) is 0 Å². The van der Waals surface area contributed by atoms with Crippen molar-refractivity contribution in [2.45, 2.75) is 57.8 Å². The van der Waals surface area contributed by atoms with E-state index in [1.165, 1.54) is 18.3 Å². The SMILES string of the molecule is C1CC[C@@H]2C3CCC(CC3)[C@@H]2CC1. The highest BCUT2D eigenvalue weighted by molar-refractivity contribution is 4.93. The van der Waals surface area contributed by atoms with Crippen LogP contribution in [0.3, 0.4) is 0 Å². The molecular weight excluding hydrogens is 156 g/mol. The van der Waals surface area contributed by atoms with Crippen molar-refractivity contribution in [3.05, 3.63) is 0 Å². The first kappa shape index (κ1) is 8.32. The van der Waals surface area contributed by atoms with Crippen LogP contribution in [0.2, 0.25) is 0 Å². The average Bonchev–Trinajstić information content (AvgIpc) is 2.45. The van der Waals surface area contributed by atoms with E-state index in [2.05, 4.69) is 0 Å². The minimum absolute atomic E-state index is 1.16. The molecule has 0 aromatic heterocycles. The first-order chi connectivity index (χ1) is 6.45. The van der Waals surface area contributed by atoms with Crippen molar-refractivity contribution in [1.82, 2.24) is 0 Å². The molecule has 0 radical (unpaired) electrons. The second kappa shape index (κ2) is 3.29. The van der Waals surface area contributed by atoms with Crippen molar-refractivity contribution in [1.29, 1.82) is 0 Å². The molecule has 0 N–H and O–H groups in total. The van der Waals surface area contributed by atoms with Gasteiger partial charge >= 0.3 is 0 Å². The molecule has 0 aromatic carbocycles. The van der Waals surface area contributed by atoms with Crippen molar-refractivity contribution in [2.24, 2.45) is 23.7 Å². The molecule has 2 atom stereocenters. The zero-order valence-corrected chi connectivity index (χ0v) is 8.67. The monoisotopic (exact) mass is 178 g/mol. The van der Waals surface area contributed by atoms with E-state index in [-0.39, 0.29) is 0 Å². The van der Waals surface area contributed by atoms with Gasteiger partial charge < -0.3 is 0 Å². The Morgan fingerprint density at radius 2 is 0.923 bits per heavy atom. The van der Waals surface area contributed by atoms with Crippen LogP contribution in [0.25, 0.3) is 0 Å². The van der Waals surface area contributed by atoms with Gasteiger partial charge in [-0.05, 0) is 62.2 Å². The highest BCUT2D eigenvalue weighted by atomic mass is 14.5. The summed E-state index contributed by atoms with van der Waals surface area (Å²) in [7, 11) is 0. The van der Waals surface area contributed by atoms with Gasteiger partial charge in [-0.3, -0.25) is 0 Å². The van der Waals surface area contributed by atoms with E-state index >= 15 is 0 Å². The van der Waals surface area contributed by atoms with E-state index in [1.807, 2.05) is 0 Å². The van der Waals surface area contributed by atoms with Gasteiger partial charge in [0.15, 0.2) is 0 Å². The first-order valence-corrected chi connectivity index (χ1v) is 6.45. The molecule has 0 heteroatoms. The maximum atomic E-state index is 1.59. The molecule has 4 aliphatic rings. The molecule has 4 rings (SSSR count). The maximum Gasteiger partial charge on any atom is -0.0355 e. The Hall–Kier alpha value is 0. The zero-order chi connectivity index (χ0) is 8.67. The molecule has 0 aromatic rings. The normalized spacial score (nSPS) is 49.8. The van der Waals surface area contributed by atoms with Crippen LogP contribution in [-0.4, -0.2) is 0 Å². The molecule has 74 valence electrons. The summed E-state index contributed by atoms with van der Waals surface area (Å²) in [5.74, 6) is 4.67. The molecule has 4 saturated carbocycles. The summed E-state index contributed by atoms with van der Waals surface area (Å²) in [6.07, 6.45) is 14.2. The van der Waals surface area contributed by atoms with Crippen molar-refractivity contribution < 1.29 is 0 Å². The first-order valence-electron chi connectivity index (χ1n) is 6.45. The lowest BCUT2D eigenvalue weighted by molar-refractivity contribution is 0.0190. The third-order valence-electron chi connectivity index (χ3n) is 5.15. The lowest BCUT2D eigenvalue weighted by atomic mass is 9.57. The van der Waals surface area contributed by atoms with Gasteiger partial charge in [0.05, 0.1) is 0 Å². The second-order valence-corrected chi connectivity index (χ2v) is 5.64.